The van der Waals surface area contributed by atoms with Crippen molar-refractivity contribution in [2.24, 2.45) is 0 Å². The topological polar surface area (TPSA) is 90.4 Å². The van der Waals surface area contributed by atoms with Gasteiger partial charge in [-0.25, -0.2) is 4.40 Å². The summed E-state index contributed by atoms with van der Waals surface area (Å²) in [5, 5.41) is 0.672. The van der Waals surface area contributed by atoms with Crippen LogP contribution in [-0.4, -0.2) is 19.5 Å². The molecule has 1 aromatic carbocycles. The Morgan fingerprint density at radius 1 is 1.14 bits per heavy atom. The van der Waals surface area contributed by atoms with Crippen molar-refractivity contribution in [1.82, 2.24) is 13.8 Å². The molecule has 0 saturated heterocycles. The molecule has 0 unspecified atom stereocenters. The summed E-state index contributed by atoms with van der Waals surface area (Å²) in [7, 11) is 0. The van der Waals surface area contributed by atoms with Crippen LogP contribution >= 0.6 is 55.2 Å². The zero-order valence-electron chi connectivity index (χ0n) is 14.6. The Balaban J connectivity index is 1.75. The Labute approximate surface area is 190 Å². The summed E-state index contributed by atoms with van der Waals surface area (Å²) in [6.07, 6.45) is 4.89. The second-order valence-corrected chi connectivity index (χ2v) is 9.41. The minimum absolute atomic E-state index is 0.165. The van der Waals surface area contributed by atoms with Crippen LogP contribution in [0.25, 0.3) is 11.0 Å². The third-order valence-corrected chi connectivity index (χ3v) is 7.08. The molecule has 0 radical (unpaired) electrons. The number of nitrogens with zero attached hydrogens (tertiary/aromatic N) is 3. The smallest absolute Gasteiger partial charge is 0.283 e. The summed E-state index contributed by atoms with van der Waals surface area (Å²) in [5.41, 5.74) is 7.97. The fourth-order valence-electron chi connectivity index (χ4n) is 2.68. The van der Waals surface area contributed by atoms with Crippen LogP contribution in [0.5, 0.6) is 0 Å². The molecule has 3 aromatic rings. The average molecular weight is 552 g/mol. The SMILES string of the molecule is Nc1c(C=C2C=C(Br)C(=O)C(Br)=C2)c(=O)nc2snc(SCc3ccccc3)n12. The van der Waals surface area contributed by atoms with Gasteiger partial charge in [-0.2, -0.15) is 9.36 Å². The van der Waals surface area contributed by atoms with E-state index in [-0.39, 0.29) is 17.2 Å². The van der Waals surface area contributed by atoms with Crippen LogP contribution in [-0.2, 0) is 10.5 Å². The van der Waals surface area contributed by atoms with Gasteiger partial charge < -0.3 is 5.73 Å². The summed E-state index contributed by atoms with van der Waals surface area (Å²) < 4.78 is 6.89. The van der Waals surface area contributed by atoms with Crippen molar-refractivity contribution < 1.29 is 4.79 Å². The molecule has 1 aliphatic carbocycles. The van der Waals surface area contributed by atoms with Crippen molar-refractivity contribution in [3.05, 3.63) is 78.5 Å². The minimum atomic E-state index is -0.441. The molecule has 0 aliphatic heterocycles. The Bertz CT molecular complexity index is 1250. The molecule has 0 amide bonds. The number of hydrogen-bond donors (Lipinski definition) is 1. The number of nitrogens with two attached hydrogens (primary N) is 1. The molecule has 146 valence electrons. The summed E-state index contributed by atoms with van der Waals surface area (Å²) in [6, 6.07) is 10.0. The standard InChI is InChI=1S/C19H12Br2N4O2S2/c20-13-7-11(8-14(21)15(13)26)6-12-16(22)25-18(23-17(12)27)29-24-19(25)28-9-10-4-2-1-3-5-10/h1-8H,9,22H2. The maximum atomic E-state index is 12.5. The van der Waals surface area contributed by atoms with Crippen molar-refractivity contribution in [3.8, 4) is 0 Å². The lowest BCUT2D eigenvalue weighted by Gasteiger charge is -2.09. The first-order chi connectivity index (χ1) is 13.9. The van der Waals surface area contributed by atoms with Gasteiger partial charge in [-0.05, 0) is 61.2 Å². The van der Waals surface area contributed by atoms with Crippen LogP contribution in [0.15, 0.2) is 67.0 Å². The molecule has 6 nitrogen and oxygen atoms in total. The van der Waals surface area contributed by atoms with Gasteiger partial charge in [0.25, 0.3) is 5.56 Å². The Kier molecular flexibility index (Phi) is 5.86. The van der Waals surface area contributed by atoms with E-state index < -0.39 is 5.56 Å². The summed E-state index contributed by atoms with van der Waals surface area (Å²) in [5.74, 6) is 0.819. The van der Waals surface area contributed by atoms with Crippen LogP contribution in [0.1, 0.15) is 11.1 Å². The molecule has 0 saturated carbocycles. The lowest BCUT2D eigenvalue weighted by Crippen LogP contribution is -2.16. The molecule has 0 spiro atoms. The van der Waals surface area contributed by atoms with E-state index in [1.54, 1.807) is 22.6 Å². The molecule has 0 atom stereocenters. The van der Waals surface area contributed by atoms with Crippen LogP contribution < -0.4 is 11.3 Å². The average Bonchev–Trinajstić information content (AvgIpc) is 3.11. The third-order valence-electron chi connectivity index (χ3n) is 4.07. The third kappa shape index (κ3) is 4.16. The van der Waals surface area contributed by atoms with E-state index >= 15 is 0 Å². The number of aromatic nitrogens is 3. The maximum Gasteiger partial charge on any atom is 0.283 e. The molecule has 2 heterocycles. The molecule has 2 N–H and O–H groups in total. The number of rotatable bonds is 4. The molecular formula is C19H12Br2N4O2S2. The fourth-order valence-corrected chi connectivity index (χ4v) is 5.71. The molecule has 4 rings (SSSR count). The van der Waals surface area contributed by atoms with E-state index in [0.717, 1.165) is 22.8 Å². The number of benzene rings is 1. The highest BCUT2D eigenvalue weighted by atomic mass is 79.9. The molecule has 0 bridgehead atoms. The molecule has 0 fully saturated rings. The number of allylic oxidation sites excluding steroid dienone is 5. The van der Waals surface area contributed by atoms with Crippen LogP contribution in [0, 0.1) is 0 Å². The van der Waals surface area contributed by atoms with Crippen LogP contribution in [0.2, 0.25) is 0 Å². The first-order valence-electron chi connectivity index (χ1n) is 8.29. The Morgan fingerprint density at radius 3 is 2.52 bits per heavy atom. The number of carbonyl (C=O) groups is 1. The number of hydrogen-bond acceptors (Lipinski definition) is 7. The van der Waals surface area contributed by atoms with Gasteiger partial charge in [-0.3, -0.25) is 9.59 Å². The van der Waals surface area contributed by atoms with E-state index in [4.69, 9.17) is 5.73 Å². The van der Waals surface area contributed by atoms with Crippen molar-refractivity contribution in [2.75, 3.05) is 5.73 Å². The Hall–Kier alpha value is -2.01. The van der Waals surface area contributed by atoms with Crippen molar-refractivity contribution in [3.63, 3.8) is 0 Å². The zero-order valence-corrected chi connectivity index (χ0v) is 19.4. The van der Waals surface area contributed by atoms with E-state index in [1.807, 2.05) is 30.3 Å². The van der Waals surface area contributed by atoms with Gasteiger partial charge in [0.1, 0.15) is 5.82 Å². The normalized spacial score (nSPS) is 14.1. The molecule has 2 aromatic heterocycles. The number of ketones is 1. The first-order valence-corrected chi connectivity index (χ1v) is 11.6. The summed E-state index contributed by atoms with van der Waals surface area (Å²) in [4.78, 5) is 29.0. The van der Waals surface area contributed by atoms with Gasteiger partial charge in [0.15, 0.2) is 5.16 Å². The number of thioether (sulfide) groups is 1. The van der Waals surface area contributed by atoms with E-state index in [1.165, 1.54) is 11.8 Å². The molecule has 1 aliphatic rings. The number of carbonyl (C=O) groups excluding carboxylic acids is 1. The maximum absolute atomic E-state index is 12.5. The number of Topliss-reactive ketones (excluding diaryl/α,β-unsaturated/α-hetero) is 1. The lowest BCUT2D eigenvalue weighted by molar-refractivity contribution is -0.110. The summed E-state index contributed by atoms with van der Waals surface area (Å²) in [6.45, 7) is 0. The van der Waals surface area contributed by atoms with Gasteiger partial charge in [0.05, 0.1) is 14.5 Å². The number of fused-ring (bicyclic) bond motifs is 1. The fraction of sp³-hybridized carbons (Fsp3) is 0.0526. The quantitative estimate of drug-likeness (QED) is 0.478. The first kappa shape index (κ1) is 20.3. The van der Waals surface area contributed by atoms with Crippen molar-refractivity contribution in [2.45, 2.75) is 10.9 Å². The Morgan fingerprint density at radius 2 is 1.83 bits per heavy atom. The second kappa shape index (κ2) is 8.39. The highest BCUT2D eigenvalue weighted by Gasteiger charge is 2.19. The second-order valence-electron chi connectivity index (χ2n) is 6.03. The summed E-state index contributed by atoms with van der Waals surface area (Å²) >= 11 is 9.11. The molecular weight excluding hydrogens is 540 g/mol. The van der Waals surface area contributed by atoms with Gasteiger partial charge >= 0.3 is 0 Å². The van der Waals surface area contributed by atoms with Gasteiger partial charge in [0.2, 0.25) is 10.7 Å². The lowest BCUT2D eigenvalue weighted by atomic mass is 10.1. The van der Waals surface area contributed by atoms with E-state index in [9.17, 15) is 9.59 Å². The number of anilines is 1. The predicted molar refractivity (Wildman–Crippen MR) is 125 cm³/mol. The largest absolute Gasteiger partial charge is 0.384 e. The highest BCUT2D eigenvalue weighted by molar-refractivity contribution is 9.13. The van der Waals surface area contributed by atoms with E-state index in [0.29, 0.717) is 24.7 Å². The number of halogens is 2. The minimum Gasteiger partial charge on any atom is -0.384 e. The van der Waals surface area contributed by atoms with Crippen LogP contribution in [0.3, 0.4) is 0 Å². The van der Waals surface area contributed by atoms with Gasteiger partial charge in [-0.15, -0.1) is 0 Å². The highest BCUT2D eigenvalue weighted by Crippen LogP contribution is 2.30. The predicted octanol–water partition coefficient (Wildman–Crippen LogP) is 4.55. The van der Waals surface area contributed by atoms with Gasteiger partial charge in [-0.1, -0.05) is 42.1 Å². The van der Waals surface area contributed by atoms with Crippen molar-refractivity contribution in [1.29, 1.82) is 0 Å². The molecule has 29 heavy (non-hydrogen) atoms. The van der Waals surface area contributed by atoms with Gasteiger partial charge in [0, 0.05) is 17.3 Å². The zero-order chi connectivity index (χ0) is 20.5. The van der Waals surface area contributed by atoms with Crippen molar-refractivity contribution >= 4 is 77.8 Å². The van der Waals surface area contributed by atoms with E-state index in [2.05, 4.69) is 41.2 Å². The van der Waals surface area contributed by atoms with Crippen LogP contribution in [0.4, 0.5) is 5.82 Å². The number of nitrogen functional groups attached to an aromatic ring is 1. The molecule has 10 heteroatoms. The monoisotopic (exact) mass is 550 g/mol.